The molecule has 3 rings (SSSR count). The molecule has 4 heteroatoms. The lowest BCUT2D eigenvalue weighted by Gasteiger charge is -2.12. The van der Waals surface area contributed by atoms with Gasteiger partial charge in [0.25, 0.3) is 0 Å². The number of ether oxygens (including phenoxy) is 1. The second-order valence-electron chi connectivity index (χ2n) is 5.92. The zero-order valence-corrected chi connectivity index (χ0v) is 12.6. The number of hydrogen-bond donors (Lipinski definition) is 1. The highest BCUT2D eigenvalue weighted by atomic mass is 16.5. The first kappa shape index (κ1) is 14.1. The lowest BCUT2D eigenvalue weighted by molar-refractivity contribution is 0.246. The van der Waals surface area contributed by atoms with Gasteiger partial charge < -0.3 is 14.6 Å². The summed E-state index contributed by atoms with van der Waals surface area (Å²) in [6.45, 7) is 5.52. The van der Waals surface area contributed by atoms with Crippen molar-refractivity contribution >= 4 is 0 Å². The van der Waals surface area contributed by atoms with Gasteiger partial charge in [-0.15, -0.1) is 0 Å². The van der Waals surface area contributed by atoms with Gasteiger partial charge in [0.05, 0.1) is 5.69 Å². The molecule has 1 aromatic carbocycles. The molecule has 0 aliphatic heterocycles. The summed E-state index contributed by atoms with van der Waals surface area (Å²) in [5.41, 5.74) is 2.16. The van der Waals surface area contributed by atoms with Crippen LogP contribution in [0.2, 0.25) is 0 Å². The molecule has 1 aromatic heterocycles. The maximum atomic E-state index is 5.88. The predicted octanol–water partition coefficient (Wildman–Crippen LogP) is 3.63. The molecular formula is C17H22N2O2. The number of benzene rings is 1. The summed E-state index contributed by atoms with van der Waals surface area (Å²) in [4.78, 5) is 0. The average Bonchev–Trinajstić information content (AvgIpc) is 3.21. The molecule has 0 bridgehead atoms. The van der Waals surface area contributed by atoms with E-state index < -0.39 is 0 Å². The summed E-state index contributed by atoms with van der Waals surface area (Å²) in [7, 11) is 0. The lowest BCUT2D eigenvalue weighted by atomic mass is 10.0. The van der Waals surface area contributed by atoms with Gasteiger partial charge in [-0.3, -0.25) is 0 Å². The van der Waals surface area contributed by atoms with Crippen molar-refractivity contribution in [1.29, 1.82) is 0 Å². The first-order valence-electron chi connectivity index (χ1n) is 7.62. The van der Waals surface area contributed by atoms with Crippen molar-refractivity contribution in [3.63, 3.8) is 0 Å². The summed E-state index contributed by atoms with van der Waals surface area (Å²) in [6.07, 6.45) is 2.56. The quantitative estimate of drug-likeness (QED) is 0.844. The van der Waals surface area contributed by atoms with Gasteiger partial charge in [0, 0.05) is 18.7 Å². The van der Waals surface area contributed by atoms with Crippen molar-refractivity contribution in [3.8, 4) is 5.75 Å². The van der Waals surface area contributed by atoms with Gasteiger partial charge in [-0.05, 0) is 30.4 Å². The Morgan fingerprint density at radius 3 is 2.90 bits per heavy atom. The molecule has 0 saturated heterocycles. The fourth-order valence-corrected chi connectivity index (χ4v) is 2.28. The number of hydrogen-bond acceptors (Lipinski definition) is 4. The number of nitrogens with one attached hydrogen (secondary N) is 1. The minimum absolute atomic E-state index is 0.417. The molecule has 1 aliphatic rings. The van der Waals surface area contributed by atoms with Crippen molar-refractivity contribution in [2.45, 2.75) is 51.8 Å². The van der Waals surface area contributed by atoms with Gasteiger partial charge >= 0.3 is 0 Å². The minimum Gasteiger partial charge on any atom is -0.485 e. The van der Waals surface area contributed by atoms with Crippen LogP contribution < -0.4 is 10.1 Å². The van der Waals surface area contributed by atoms with E-state index in [1.807, 2.05) is 24.3 Å². The van der Waals surface area contributed by atoms with Gasteiger partial charge in [0.15, 0.2) is 5.76 Å². The van der Waals surface area contributed by atoms with Crippen LogP contribution in [0.15, 0.2) is 34.9 Å². The van der Waals surface area contributed by atoms with Crippen LogP contribution in [0.4, 0.5) is 0 Å². The topological polar surface area (TPSA) is 47.3 Å². The molecule has 1 aliphatic carbocycles. The molecule has 1 heterocycles. The van der Waals surface area contributed by atoms with Crippen LogP contribution in [0, 0.1) is 0 Å². The van der Waals surface area contributed by atoms with E-state index in [0.717, 1.165) is 23.7 Å². The molecule has 1 saturated carbocycles. The summed E-state index contributed by atoms with van der Waals surface area (Å²) in [5.74, 6) is 2.12. The molecule has 0 atom stereocenters. The van der Waals surface area contributed by atoms with Crippen LogP contribution in [-0.2, 0) is 13.2 Å². The highest BCUT2D eigenvalue weighted by Crippen LogP contribution is 2.26. The van der Waals surface area contributed by atoms with Gasteiger partial charge in [0.1, 0.15) is 12.4 Å². The van der Waals surface area contributed by atoms with Crippen molar-refractivity contribution in [2.75, 3.05) is 0 Å². The van der Waals surface area contributed by atoms with Crippen LogP contribution in [0.3, 0.4) is 0 Å². The highest BCUT2D eigenvalue weighted by Gasteiger charge is 2.20. The third-order valence-electron chi connectivity index (χ3n) is 3.67. The summed E-state index contributed by atoms with van der Waals surface area (Å²) in [5, 5.41) is 7.49. The summed E-state index contributed by atoms with van der Waals surface area (Å²) >= 11 is 0. The standard InChI is InChI=1S/C17H22N2O2/c1-12(2)16-5-3-4-6-17(16)20-11-15-9-14(19-21-15)10-18-13-7-8-13/h3-6,9,12-13,18H,7-8,10-11H2,1-2H3. The number of rotatable bonds is 7. The average molecular weight is 286 g/mol. The summed E-state index contributed by atoms with van der Waals surface area (Å²) < 4.78 is 11.2. The Balaban J connectivity index is 1.57. The molecule has 1 N–H and O–H groups in total. The Morgan fingerprint density at radius 2 is 2.14 bits per heavy atom. The Kier molecular flexibility index (Phi) is 4.25. The maximum Gasteiger partial charge on any atom is 0.174 e. The van der Waals surface area contributed by atoms with Gasteiger partial charge in [-0.2, -0.15) is 0 Å². The van der Waals surface area contributed by atoms with Crippen LogP contribution in [-0.4, -0.2) is 11.2 Å². The predicted molar refractivity (Wildman–Crippen MR) is 81.2 cm³/mol. The lowest BCUT2D eigenvalue weighted by Crippen LogP contribution is -2.15. The monoisotopic (exact) mass is 286 g/mol. The Morgan fingerprint density at radius 1 is 1.33 bits per heavy atom. The molecule has 21 heavy (non-hydrogen) atoms. The molecule has 112 valence electrons. The second-order valence-corrected chi connectivity index (χ2v) is 5.92. The SMILES string of the molecule is CC(C)c1ccccc1OCc1cc(CNC2CC2)no1. The van der Waals surface area contributed by atoms with Crippen molar-refractivity contribution in [1.82, 2.24) is 10.5 Å². The minimum atomic E-state index is 0.417. The van der Waals surface area contributed by atoms with E-state index in [4.69, 9.17) is 9.26 Å². The molecular weight excluding hydrogens is 264 g/mol. The molecule has 2 aromatic rings. The number of aromatic nitrogens is 1. The van der Waals surface area contributed by atoms with E-state index in [9.17, 15) is 0 Å². The van der Waals surface area contributed by atoms with E-state index in [2.05, 4.69) is 30.4 Å². The van der Waals surface area contributed by atoms with E-state index in [1.54, 1.807) is 0 Å². The molecule has 4 nitrogen and oxygen atoms in total. The first-order chi connectivity index (χ1) is 10.2. The smallest absolute Gasteiger partial charge is 0.174 e. The number of nitrogens with zero attached hydrogens (tertiary/aromatic N) is 1. The van der Waals surface area contributed by atoms with E-state index >= 15 is 0 Å². The van der Waals surface area contributed by atoms with Crippen LogP contribution >= 0.6 is 0 Å². The zero-order chi connectivity index (χ0) is 14.7. The fraction of sp³-hybridized carbons (Fsp3) is 0.471. The second kappa shape index (κ2) is 6.31. The van der Waals surface area contributed by atoms with Crippen LogP contribution in [0.5, 0.6) is 5.75 Å². The van der Waals surface area contributed by atoms with E-state index in [1.165, 1.54) is 18.4 Å². The molecule has 0 spiro atoms. The maximum absolute atomic E-state index is 5.88. The molecule has 1 fully saturated rings. The Hall–Kier alpha value is -1.81. The molecule has 0 amide bonds. The molecule has 0 radical (unpaired) electrons. The number of para-hydroxylation sites is 1. The highest BCUT2D eigenvalue weighted by molar-refractivity contribution is 5.35. The van der Waals surface area contributed by atoms with E-state index in [0.29, 0.717) is 18.6 Å². The van der Waals surface area contributed by atoms with E-state index in [-0.39, 0.29) is 0 Å². The zero-order valence-electron chi connectivity index (χ0n) is 12.6. The normalized spacial score (nSPS) is 14.6. The first-order valence-corrected chi connectivity index (χ1v) is 7.62. The van der Waals surface area contributed by atoms with Crippen molar-refractivity contribution in [2.24, 2.45) is 0 Å². The fourth-order valence-electron chi connectivity index (χ4n) is 2.28. The summed E-state index contributed by atoms with van der Waals surface area (Å²) in [6, 6.07) is 10.8. The van der Waals surface area contributed by atoms with Gasteiger partial charge in [-0.1, -0.05) is 37.2 Å². The van der Waals surface area contributed by atoms with Crippen LogP contribution in [0.1, 0.15) is 49.6 Å². The van der Waals surface area contributed by atoms with Crippen molar-refractivity contribution in [3.05, 3.63) is 47.3 Å². The van der Waals surface area contributed by atoms with Crippen molar-refractivity contribution < 1.29 is 9.26 Å². The van der Waals surface area contributed by atoms with Gasteiger partial charge in [0.2, 0.25) is 0 Å². The van der Waals surface area contributed by atoms with Gasteiger partial charge in [-0.25, -0.2) is 0 Å². The van der Waals surface area contributed by atoms with Crippen LogP contribution in [0.25, 0.3) is 0 Å². The molecule has 0 unspecified atom stereocenters. The third kappa shape index (κ3) is 3.85. The largest absolute Gasteiger partial charge is 0.485 e. The Labute approximate surface area is 125 Å². The third-order valence-corrected chi connectivity index (χ3v) is 3.67. The Bertz CT molecular complexity index is 588.